The lowest BCUT2D eigenvalue weighted by Crippen LogP contribution is -2.39. The third-order valence-electron chi connectivity index (χ3n) is 9.65. The van der Waals surface area contributed by atoms with E-state index in [1.54, 1.807) is 11.0 Å². The van der Waals surface area contributed by atoms with Crippen molar-refractivity contribution in [1.82, 2.24) is 20.2 Å². The summed E-state index contributed by atoms with van der Waals surface area (Å²) in [6.45, 7) is 6.87. The van der Waals surface area contributed by atoms with Crippen LogP contribution in [0.3, 0.4) is 0 Å². The second-order valence-corrected chi connectivity index (χ2v) is 17.1. The van der Waals surface area contributed by atoms with Crippen molar-refractivity contribution in [3.8, 4) is 11.3 Å². The zero-order chi connectivity index (χ0) is 43.2. The number of halogens is 1. The molecule has 11 nitrogen and oxygen atoms in total. The van der Waals surface area contributed by atoms with Crippen molar-refractivity contribution in [2.24, 2.45) is 0 Å². The van der Waals surface area contributed by atoms with Gasteiger partial charge >= 0.3 is 0 Å². The molecule has 1 aromatic carbocycles. The number of hydrogen-bond donors (Lipinski definition) is 3. The van der Waals surface area contributed by atoms with Crippen LogP contribution in [0, 0.1) is 5.82 Å². The molecular weight excluding hydrogens is 770 g/mol. The standard InChI is InChI=1S/C46H64FN5O6S/c1-6-7-8-9-10-11-12-13-14-15-16-17-18-19-20-21-22-23-43(56)52-31-30-38(34-52)48-42(55)33-40(54)32-39(53)28-29-41-44(35(2)3)49-46(51(4)59(5,57)58)50-45(41)36-24-26-37(47)27-25-36/h7-8,10-11,13-14,16-17,19-20,24-29,35,38-40,53-54H,6,9,12,15,18,21-23,30-34H2,1-5H3,(H,48,55). The van der Waals surface area contributed by atoms with Crippen LogP contribution in [0.1, 0.15) is 109 Å². The smallest absolute Gasteiger partial charge is 0.239 e. The van der Waals surface area contributed by atoms with Crippen LogP contribution in [0.25, 0.3) is 17.3 Å². The summed E-state index contributed by atoms with van der Waals surface area (Å²) in [5.41, 5.74) is 1.85. The van der Waals surface area contributed by atoms with E-state index in [9.17, 15) is 32.6 Å². The summed E-state index contributed by atoms with van der Waals surface area (Å²) in [4.78, 5) is 36.4. The van der Waals surface area contributed by atoms with Crippen molar-refractivity contribution in [1.29, 1.82) is 0 Å². The molecule has 3 rings (SSSR count). The maximum Gasteiger partial charge on any atom is 0.239 e. The highest BCUT2D eigenvalue weighted by Gasteiger charge is 2.28. The van der Waals surface area contributed by atoms with Gasteiger partial charge in [-0.2, -0.15) is 0 Å². The van der Waals surface area contributed by atoms with Crippen molar-refractivity contribution in [2.75, 3.05) is 30.7 Å². The number of aliphatic hydroxyl groups is 2. The number of aliphatic hydroxyl groups excluding tert-OH is 2. The highest BCUT2D eigenvalue weighted by atomic mass is 32.2. The quantitative estimate of drug-likeness (QED) is 0.0712. The van der Waals surface area contributed by atoms with Gasteiger partial charge in [-0.1, -0.05) is 93.7 Å². The van der Waals surface area contributed by atoms with Crippen molar-refractivity contribution in [3.05, 3.63) is 108 Å². The molecule has 1 fully saturated rings. The van der Waals surface area contributed by atoms with Gasteiger partial charge in [0.05, 0.1) is 36.3 Å². The number of anilines is 1. The Labute approximate surface area is 351 Å². The highest BCUT2D eigenvalue weighted by Crippen LogP contribution is 2.32. The zero-order valence-electron chi connectivity index (χ0n) is 35.3. The molecule has 322 valence electrons. The van der Waals surface area contributed by atoms with Crippen LogP contribution in [0.15, 0.2) is 91.1 Å². The third-order valence-corrected chi connectivity index (χ3v) is 10.8. The average molecular weight is 834 g/mol. The SMILES string of the molecule is CCC=CCC=CCC=CCC=CCC=CCCCC(=O)N1CCC(NC(=O)CC(O)CC(O)C=Cc2c(-c3ccc(F)cc3)nc(N(C)S(C)(=O)=O)nc2C(C)C)C1. The molecule has 1 aliphatic rings. The number of nitrogens with zero attached hydrogens (tertiary/aromatic N) is 4. The number of amides is 2. The maximum absolute atomic E-state index is 13.8. The molecule has 2 aromatic rings. The molecule has 0 radical (unpaired) electrons. The Morgan fingerprint density at radius 1 is 0.949 bits per heavy atom. The first-order valence-electron chi connectivity index (χ1n) is 20.7. The monoisotopic (exact) mass is 833 g/mol. The van der Waals surface area contributed by atoms with Crippen molar-refractivity contribution >= 4 is 33.9 Å². The second kappa shape index (κ2) is 25.7. The molecule has 2 heterocycles. The summed E-state index contributed by atoms with van der Waals surface area (Å²) >= 11 is 0. The fourth-order valence-electron chi connectivity index (χ4n) is 6.35. The first kappa shape index (κ1) is 48.6. The Balaban J connectivity index is 1.42. The summed E-state index contributed by atoms with van der Waals surface area (Å²) in [6.07, 6.45) is 30.5. The summed E-state index contributed by atoms with van der Waals surface area (Å²) in [7, 11) is -2.34. The van der Waals surface area contributed by atoms with E-state index in [4.69, 9.17) is 0 Å². The molecule has 1 saturated heterocycles. The first-order chi connectivity index (χ1) is 28.2. The van der Waals surface area contributed by atoms with Gasteiger partial charge in [-0.05, 0) is 81.5 Å². The fraction of sp³-hybridized carbons (Fsp3) is 0.478. The summed E-state index contributed by atoms with van der Waals surface area (Å²) in [6, 6.07) is 5.38. The van der Waals surface area contributed by atoms with Gasteiger partial charge in [0.2, 0.25) is 27.8 Å². The number of unbranched alkanes of at least 4 members (excludes halogenated alkanes) is 1. The number of aromatic nitrogens is 2. The van der Waals surface area contributed by atoms with E-state index in [0.29, 0.717) is 48.4 Å². The van der Waals surface area contributed by atoms with Gasteiger partial charge in [0.25, 0.3) is 0 Å². The number of benzene rings is 1. The summed E-state index contributed by atoms with van der Waals surface area (Å²) in [5.74, 6) is -0.998. The number of allylic oxidation sites excluding steroid dienone is 10. The number of hydrogen-bond acceptors (Lipinski definition) is 8. The number of likely N-dealkylation sites (tertiary alicyclic amines) is 1. The van der Waals surface area contributed by atoms with Crippen LogP contribution in [0.4, 0.5) is 10.3 Å². The maximum atomic E-state index is 13.8. The minimum Gasteiger partial charge on any atom is -0.392 e. The molecular formula is C46H64FN5O6S. The van der Waals surface area contributed by atoms with Gasteiger partial charge in [0.15, 0.2) is 0 Å². The number of carbonyl (C=O) groups is 2. The molecule has 1 aromatic heterocycles. The first-order valence-corrected chi connectivity index (χ1v) is 22.5. The van der Waals surface area contributed by atoms with Gasteiger partial charge in [-0.15, -0.1) is 0 Å². The van der Waals surface area contributed by atoms with Gasteiger partial charge in [0, 0.05) is 50.1 Å². The Morgan fingerprint density at radius 2 is 1.54 bits per heavy atom. The van der Waals surface area contributed by atoms with Gasteiger partial charge in [0.1, 0.15) is 5.82 Å². The molecule has 1 aliphatic heterocycles. The van der Waals surface area contributed by atoms with Gasteiger partial charge < -0.3 is 20.4 Å². The fourth-order valence-corrected chi connectivity index (χ4v) is 6.73. The third kappa shape index (κ3) is 18.0. The van der Waals surface area contributed by atoms with Crippen LogP contribution >= 0.6 is 0 Å². The minimum absolute atomic E-state index is 0.0540. The zero-order valence-corrected chi connectivity index (χ0v) is 36.2. The molecule has 0 saturated carbocycles. The lowest BCUT2D eigenvalue weighted by Gasteiger charge is -2.20. The average Bonchev–Trinajstić information content (AvgIpc) is 3.65. The van der Waals surface area contributed by atoms with Crippen LogP contribution in [-0.2, 0) is 19.6 Å². The van der Waals surface area contributed by atoms with Crippen LogP contribution in [0.5, 0.6) is 0 Å². The van der Waals surface area contributed by atoms with Gasteiger partial charge in [-0.3, -0.25) is 9.59 Å². The predicted octanol–water partition coefficient (Wildman–Crippen LogP) is 7.96. The Morgan fingerprint density at radius 3 is 2.12 bits per heavy atom. The topological polar surface area (TPSA) is 153 Å². The molecule has 0 aliphatic carbocycles. The normalized spacial score (nSPS) is 16.3. The van der Waals surface area contributed by atoms with E-state index in [1.807, 2.05) is 13.8 Å². The van der Waals surface area contributed by atoms with E-state index >= 15 is 0 Å². The molecule has 3 N–H and O–H groups in total. The van der Waals surface area contributed by atoms with E-state index < -0.39 is 28.0 Å². The molecule has 2 amide bonds. The predicted molar refractivity (Wildman–Crippen MR) is 236 cm³/mol. The highest BCUT2D eigenvalue weighted by molar-refractivity contribution is 7.92. The van der Waals surface area contributed by atoms with E-state index in [2.05, 4.69) is 83.0 Å². The molecule has 3 unspecified atom stereocenters. The summed E-state index contributed by atoms with van der Waals surface area (Å²) < 4.78 is 39.4. The van der Waals surface area contributed by atoms with Crippen LogP contribution in [-0.4, -0.2) is 90.0 Å². The van der Waals surface area contributed by atoms with Crippen LogP contribution in [0.2, 0.25) is 0 Å². The minimum atomic E-state index is -3.69. The molecule has 0 bridgehead atoms. The van der Waals surface area contributed by atoms with Crippen molar-refractivity contribution in [2.45, 2.75) is 116 Å². The second-order valence-electron chi connectivity index (χ2n) is 15.1. The number of nitrogens with one attached hydrogen (secondary N) is 1. The Hall–Kier alpha value is -4.72. The lowest BCUT2D eigenvalue weighted by atomic mass is 9.97. The van der Waals surface area contributed by atoms with Crippen molar-refractivity contribution in [3.63, 3.8) is 0 Å². The van der Waals surface area contributed by atoms with E-state index in [-0.39, 0.29) is 42.6 Å². The molecule has 59 heavy (non-hydrogen) atoms. The lowest BCUT2D eigenvalue weighted by molar-refractivity contribution is -0.130. The molecule has 13 heteroatoms. The van der Waals surface area contributed by atoms with E-state index in [1.165, 1.54) is 37.4 Å². The summed E-state index contributed by atoms with van der Waals surface area (Å²) in [5, 5.41) is 24.5. The van der Waals surface area contributed by atoms with Crippen molar-refractivity contribution < 1.29 is 32.6 Å². The molecule has 3 atom stereocenters. The molecule has 0 spiro atoms. The Kier molecular flexibility index (Phi) is 21.2. The number of rotatable bonds is 24. The number of sulfonamides is 1. The largest absolute Gasteiger partial charge is 0.392 e. The number of carbonyl (C=O) groups excluding carboxylic acids is 2. The Bertz CT molecular complexity index is 1920. The van der Waals surface area contributed by atoms with Gasteiger partial charge in [-0.25, -0.2) is 27.1 Å². The van der Waals surface area contributed by atoms with E-state index in [0.717, 1.165) is 55.5 Å². The van der Waals surface area contributed by atoms with Crippen LogP contribution < -0.4 is 9.62 Å².